The van der Waals surface area contributed by atoms with Crippen LogP contribution < -0.4 is 0 Å². The molecule has 0 spiro atoms. The third-order valence-electron chi connectivity index (χ3n) is 3.06. The molecule has 0 aromatic heterocycles. The van der Waals surface area contributed by atoms with Crippen molar-refractivity contribution < 1.29 is 14.2 Å². The summed E-state index contributed by atoms with van der Waals surface area (Å²) in [7, 11) is 0. The predicted molar refractivity (Wildman–Crippen MR) is 80.6 cm³/mol. The summed E-state index contributed by atoms with van der Waals surface area (Å²) in [6, 6.07) is 0. The van der Waals surface area contributed by atoms with E-state index in [9.17, 15) is 0 Å². The summed E-state index contributed by atoms with van der Waals surface area (Å²) in [5.41, 5.74) is -0.0244. The average molecular weight is 274 g/mol. The first-order valence-corrected chi connectivity index (χ1v) is 7.62. The van der Waals surface area contributed by atoms with E-state index < -0.39 is 0 Å². The van der Waals surface area contributed by atoms with Crippen molar-refractivity contribution in [3.8, 4) is 0 Å². The monoisotopic (exact) mass is 274 g/mol. The molecule has 0 aliphatic carbocycles. The van der Waals surface area contributed by atoms with Gasteiger partial charge in [-0.1, -0.05) is 20.8 Å². The Hall–Kier alpha value is -0.120. The van der Waals surface area contributed by atoms with Crippen molar-refractivity contribution in [2.75, 3.05) is 26.4 Å². The molecule has 0 rings (SSSR count). The van der Waals surface area contributed by atoms with E-state index in [0.717, 1.165) is 13.0 Å². The van der Waals surface area contributed by atoms with Gasteiger partial charge >= 0.3 is 0 Å². The van der Waals surface area contributed by atoms with E-state index in [1.54, 1.807) is 0 Å². The third-order valence-corrected chi connectivity index (χ3v) is 3.06. The van der Waals surface area contributed by atoms with Gasteiger partial charge in [-0.3, -0.25) is 0 Å². The van der Waals surface area contributed by atoms with E-state index >= 15 is 0 Å². The highest BCUT2D eigenvalue weighted by molar-refractivity contribution is 4.78. The van der Waals surface area contributed by atoms with Gasteiger partial charge in [0.05, 0.1) is 32.0 Å². The van der Waals surface area contributed by atoms with Crippen molar-refractivity contribution in [2.24, 2.45) is 11.3 Å². The van der Waals surface area contributed by atoms with Crippen molar-refractivity contribution in [3.05, 3.63) is 0 Å². The number of hydrogen-bond donors (Lipinski definition) is 0. The molecular formula is C16H34O3. The van der Waals surface area contributed by atoms with Crippen LogP contribution in [0.2, 0.25) is 0 Å². The fraction of sp³-hybridized carbons (Fsp3) is 1.00. The molecule has 0 radical (unpaired) electrons. The Morgan fingerprint density at radius 1 is 0.789 bits per heavy atom. The molecule has 0 heterocycles. The first-order chi connectivity index (χ1) is 8.81. The Balaban J connectivity index is 4.45. The molecule has 3 heteroatoms. The summed E-state index contributed by atoms with van der Waals surface area (Å²) in [4.78, 5) is 0. The second-order valence-electron chi connectivity index (χ2n) is 6.48. The van der Waals surface area contributed by atoms with Crippen LogP contribution in [0.3, 0.4) is 0 Å². The van der Waals surface area contributed by atoms with Crippen LogP contribution in [0.5, 0.6) is 0 Å². The highest BCUT2D eigenvalue weighted by Gasteiger charge is 2.30. The maximum atomic E-state index is 5.86. The van der Waals surface area contributed by atoms with Crippen LogP contribution in [0.15, 0.2) is 0 Å². The van der Waals surface area contributed by atoms with Crippen molar-refractivity contribution in [1.82, 2.24) is 0 Å². The maximum Gasteiger partial charge on any atom is 0.0570 e. The van der Waals surface area contributed by atoms with Crippen LogP contribution >= 0.6 is 0 Å². The molecule has 0 N–H and O–H groups in total. The fourth-order valence-electron chi connectivity index (χ4n) is 1.63. The molecule has 0 aliphatic heterocycles. The lowest BCUT2D eigenvalue weighted by molar-refractivity contribution is -0.0958. The van der Waals surface area contributed by atoms with Crippen molar-refractivity contribution in [2.45, 2.75) is 67.1 Å². The van der Waals surface area contributed by atoms with Crippen LogP contribution in [0, 0.1) is 11.3 Å². The highest BCUT2D eigenvalue weighted by Crippen LogP contribution is 2.25. The SMILES string of the molecule is CCC(COCC(C)C)(COC(C)C)COC(C)C. The van der Waals surface area contributed by atoms with Crippen LogP contribution in [0.25, 0.3) is 0 Å². The summed E-state index contributed by atoms with van der Waals surface area (Å²) in [5.74, 6) is 0.562. The van der Waals surface area contributed by atoms with Crippen LogP contribution in [0.1, 0.15) is 54.9 Å². The van der Waals surface area contributed by atoms with Gasteiger partial charge < -0.3 is 14.2 Å². The molecule has 0 aromatic carbocycles. The molecule has 19 heavy (non-hydrogen) atoms. The van der Waals surface area contributed by atoms with Crippen molar-refractivity contribution in [3.63, 3.8) is 0 Å². The Morgan fingerprint density at radius 3 is 1.58 bits per heavy atom. The van der Waals surface area contributed by atoms with Crippen LogP contribution in [-0.2, 0) is 14.2 Å². The normalized spacial score (nSPS) is 12.9. The zero-order chi connectivity index (χ0) is 14.9. The minimum absolute atomic E-state index is 0.0244. The van der Waals surface area contributed by atoms with Gasteiger partial charge in [-0.15, -0.1) is 0 Å². The van der Waals surface area contributed by atoms with E-state index in [-0.39, 0.29) is 17.6 Å². The largest absolute Gasteiger partial charge is 0.380 e. The molecule has 0 fully saturated rings. The molecule has 0 atom stereocenters. The Labute approximate surface area is 120 Å². The first-order valence-electron chi connectivity index (χ1n) is 7.62. The van der Waals surface area contributed by atoms with Gasteiger partial charge in [0, 0.05) is 12.0 Å². The van der Waals surface area contributed by atoms with Gasteiger partial charge in [0.25, 0.3) is 0 Å². The zero-order valence-corrected chi connectivity index (χ0v) is 14.0. The summed E-state index contributed by atoms with van der Waals surface area (Å²) < 4.78 is 17.5. The van der Waals surface area contributed by atoms with E-state index in [2.05, 4.69) is 48.5 Å². The molecule has 0 saturated heterocycles. The second-order valence-corrected chi connectivity index (χ2v) is 6.48. The topological polar surface area (TPSA) is 27.7 Å². The molecule has 116 valence electrons. The van der Waals surface area contributed by atoms with E-state index in [0.29, 0.717) is 25.7 Å². The van der Waals surface area contributed by atoms with Crippen LogP contribution in [-0.4, -0.2) is 38.6 Å². The number of hydrogen-bond acceptors (Lipinski definition) is 3. The van der Waals surface area contributed by atoms with E-state index in [4.69, 9.17) is 14.2 Å². The second kappa shape index (κ2) is 9.73. The molecular weight excluding hydrogens is 240 g/mol. The Bertz CT molecular complexity index is 200. The van der Waals surface area contributed by atoms with Crippen molar-refractivity contribution >= 4 is 0 Å². The standard InChI is InChI=1S/C16H34O3/c1-8-16(11-18-14(4)5,12-19-15(6)7)10-17-9-13(2)3/h13-15H,8-12H2,1-7H3. The van der Waals surface area contributed by atoms with Gasteiger partial charge in [-0.2, -0.15) is 0 Å². The minimum Gasteiger partial charge on any atom is -0.380 e. The zero-order valence-electron chi connectivity index (χ0n) is 14.0. The lowest BCUT2D eigenvalue weighted by Crippen LogP contribution is -2.38. The first kappa shape index (κ1) is 18.9. The van der Waals surface area contributed by atoms with Gasteiger partial charge in [0.1, 0.15) is 0 Å². The van der Waals surface area contributed by atoms with Gasteiger partial charge in [0.2, 0.25) is 0 Å². The molecule has 0 bridgehead atoms. The lowest BCUT2D eigenvalue weighted by Gasteiger charge is -2.33. The third kappa shape index (κ3) is 9.42. The Morgan fingerprint density at radius 2 is 1.26 bits per heavy atom. The van der Waals surface area contributed by atoms with E-state index in [1.165, 1.54) is 0 Å². The summed E-state index contributed by atoms with van der Waals surface area (Å²) in [5, 5.41) is 0. The fourth-order valence-corrected chi connectivity index (χ4v) is 1.63. The molecule has 0 amide bonds. The Kier molecular flexibility index (Phi) is 9.67. The highest BCUT2D eigenvalue weighted by atomic mass is 16.5. The van der Waals surface area contributed by atoms with E-state index in [1.807, 2.05) is 0 Å². The molecule has 0 aromatic rings. The number of rotatable bonds is 11. The minimum atomic E-state index is -0.0244. The van der Waals surface area contributed by atoms with Crippen molar-refractivity contribution in [1.29, 1.82) is 0 Å². The molecule has 3 nitrogen and oxygen atoms in total. The number of ether oxygens (including phenoxy) is 3. The molecule has 0 saturated carbocycles. The van der Waals surface area contributed by atoms with Crippen LogP contribution in [0.4, 0.5) is 0 Å². The van der Waals surface area contributed by atoms with Gasteiger partial charge in [0.15, 0.2) is 0 Å². The molecule has 0 unspecified atom stereocenters. The smallest absolute Gasteiger partial charge is 0.0570 e. The summed E-state index contributed by atoms with van der Waals surface area (Å²) >= 11 is 0. The maximum absolute atomic E-state index is 5.86. The van der Waals surface area contributed by atoms with Gasteiger partial charge in [-0.25, -0.2) is 0 Å². The molecule has 0 aliphatic rings. The lowest BCUT2D eigenvalue weighted by atomic mass is 9.87. The predicted octanol–water partition coefficient (Wildman–Crippen LogP) is 3.91. The summed E-state index contributed by atoms with van der Waals surface area (Å²) in [6.07, 6.45) is 1.50. The quantitative estimate of drug-likeness (QED) is 0.572. The van der Waals surface area contributed by atoms with Gasteiger partial charge in [-0.05, 0) is 40.0 Å². The average Bonchev–Trinajstić information content (AvgIpc) is 2.31. The summed E-state index contributed by atoms with van der Waals surface area (Å²) in [6.45, 7) is 17.7.